The fourth-order valence-electron chi connectivity index (χ4n) is 4.05. The average molecular weight is 507 g/mol. The lowest BCUT2D eigenvalue weighted by molar-refractivity contribution is -0.122. The van der Waals surface area contributed by atoms with Crippen LogP contribution in [0.2, 0.25) is 0 Å². The van der Waals surface area contributed by atoms with Crippen molar-refractivity contribution in [1.29, 1.82) is 0 Å². The lowest BCUT2D eigenvalue weighted by Gasteiger charge is -2.31. The summed E-state index contributed by atoms with van der Waals surface area (Å²) in [6.45, 7) is 23.5. The quantitative estimate of drug-likeness (QED) is 0.228. The Morgan fingerprint density at radius 2 is 1.12 bits per heavy atom. The molecule has 0 aliphatic rings. The Morgan fingerprint density at radius 1 is 0.794 bits per heavy atom. The van der Waals surface area contributed by atoms with E-state index in [1.807, 2.05) is 27.7 Å². The Bertz CT molecular complexity index is 937. The predicted molar refractivity (Wildman–Crippen MR) is 147 cm³/mol. The standard InChI is InChI=1S/C26H38N2O4S2/c1-9-33-13-11-27-19(29)15-25(5,6)21-17(3)24(32)22(18(4)23(21)31)26(7,8)16-20(30)28-12-14-34-10-2/h9-10,31-32H,1-4,11-16H2,5-8H3,(H,27,29)(H,28,30). The van der Waals surface area contributed by atoms with Crippen LogP contribution in [0.25, 0.3) is 13.2 Å². The van der Waals surface area contributed by atoms with E-state index in [0.717, 1.165) is 11.5 Å². The van der Waals surface area contributed by atoms with Crippen molar-refractivity contribution in [3.05, 3.63) is 45.5 Å². The fraction of sp³-hybridized carbons (Fsp3) is 0.462. The molecular weight excluding hydrogens is 468 g/mol. The number of carbonyl (C=O) groups excluding carboxylic acids is 2. The van der Waals surface area contributed by atoms with E-state index in [9.17, 15) is 19.8 Å². The second-order valence-corrected chi connectivity index (χ2v) is 11.5. The number of amides is 2. The van der Waals surface area contributed by atoms with Crippen LogP contribution in [0.3, 0.4) is 0 Å². The molecule has 1 aromatic carbocycles. The summed E-state index contributed by atoms with van der Waals surface area (Å²) < 4.78 is 0. The molecule has 8 heteroatoms. The number of carbonyl (C=O) groups is 2. The van der Waals surface area contributed by atoms with Gasteiger partial charge in [0.05, 0.1) is 0 Å². The zero-order valence-electron chi connectivity index (χ0n) is 20.8. The fourth-order valence-corrected chi connectivity index (χ4v) is 4.83. The van der Waals surface area contributed by atoms with Crippen LogP contribution in [0.5, 0.6) is 11.5 Å². The highest BCUT2D eigenvalue weighted by Crippen LogP contribution is 2.36. The number of hydrogen-bond donors (Lipinski definition) is 4. The maximum Gasteiger partial charge on any atom is 0.220 e. The zero-order valence-corrected chi connectivity index (χ0v) is 22.4. The molecule has 6 nitrogen and oxygen atoms in total. The Balaban J connectivity index is 3.21. The van der Waals surface area contributed by atoms with Gasteiger partial charge in [-0.1, -0.05) is 54.0 Å². The van der Waals surface area contributed by atoms with E-state index in [4.69, 9.17) is 0 Å². The second-order valence-electron chi connectivity index (χ2n) is 9.30. The third-order valence-corrected chi connectivity index (χ3v) is 6.88. The van der Waals surface area contributed by atoms with E-state index in [2.05, 4.69) is 36.9 Å². The van der Waals surface area contributed by atoms with E-state index in [-0.39, 0.29) is 46.6 Å². The van der Waals surface area contributed by atoms with Crippen molar-refractivity contribution >= 4 is 48.5 Å². The summed E-state index contributed by atoms with van der Waals surface area (Å²) in [7, 11) is 0. The van der Waals surface area contributed by atoms with Gasteiger partial charge in [0.25, 0.3) is 0 Å². The highest BCUT2D eigenvalue weighted by Gasteiger charge is 2.34. The highest BCUT2D eigenvalue weighted by atomic mass is 32.2. The first-order valence-corrected chi connectivity index (χ1v) is 13.1. The van der Waals surface area contributed by atoms with Crippen LogP contribution in [-0.2, 0) is 20.4 Å². The molecule has 0 aliphatic carbocycles. The number of aromatic hydroxyl groups is 2. The van der Waals surface area contributed by atoms with Gasteiger partial charge in [0.1, 0.15) is 11.5 Å². The summed E-state index contributed by atoms with van der Waals surface area (Å²) >= 11 is 3.02. The van der Waals surface area contributed by atoms with Crippen molar-refractivity contribution in [2.45, 2.75) is 51.4 Å². The molecule has 0 unspecified atom stereocenters. The molecule has 188 valence electrons. The molecule has 34 heavy (non-hydrogen) atoms. The smallest absolute Gasteiger partial charge is 0.220 e. The molecule has 0 aromatic heterocycles. The van der Waals surface area contributed by atoms with Crippen LogP contribution in [0, 0.1) is 0 Å². The normalized spacial score (nSPS) is 11.6. The first-order valence-electron chi connectivity index (χ1n) is 11.0. The number of phenolic OH excluding ortho intramolecular Hbond substituents is 2. The molecule has 0 heterocycles. The molecule has 0 bridgehead atoms. The molecule has 4 N–H and O–H groups in total. The zero-order chi connectivity index (χ0) is 26.1. The van der Waals surface area contributed by atoms with Crippen molar-refractivity contribution in [2.75, 3.05) is 24.6 Å². The molecule has 0 aliphatic heterocycles. The minimum absolute atomic E-state index is 0.0918. The van der Waals surface area contributed by atoms with E-state index in [1.54, 1.807) is 10.8 Å². The maximum atomic E-state index is 12.5. The van der Waals surface area contributed by atoms with Crippen molar-refractivity contribution in [3.63, 3.8) is 0 Å². The van der Waals surface area contributed by atoms with E-state index in [1.165, 1.54) is 23.5 Å². The molecule has 1 aromatic rings. The summed E-state index contributed by atoms with van der Waals surface area (Å²) in [6, 6.07) is 0. The van der Waals surface area contributed by atoms with Gasteiger partial charge in [-0.3, -0.25) is 9.59 Å². The van der Waals surface area contributed by atoms with Gasteiger partial charge in [-0.25, -0.2) is 0 Å². The SMILES string of the molecule is C=CSCCNC(=O)CC(C)(C)c1c(O)c(=C)c(C(C)(C)CC(=O)NCCSC=C)c(O)c1=C. The third kappa shape index (κ3) is 7.87. The van der Waals surface area contributed by atoms with Gasteiger partial charge in [-0.2, -0.15) is 0 Å². The first-order chi connectivity index (χ1) is 15.8. The number of nitrogens with one attached hydrogen (secondary N) is 2. The molecule has 2 amide bonds. The number of thioether (sulfide) groups is 2. The maximum absolute atomic E-state index is 12.5. The summed E-state index contributed by atoms with van der Waals surface area (Å²) in [5.74, 6) is 0.858. The molecule has 0 saturated carbocycles. The van der Waals surface area contributed by atoms with Crippen molar-refractivity contribution in [2.24, 2.45) is 0 Å². The van der Waals surface area contributed by atoms with Gasteiger partial charge >= 0.3 is 0 Å². The van der Waals surface area contributed by atoms with Gasteiger partial charge in [0, 0.05) is 69.8 Å². The Hall–Kier alpha value is -2.32. The largest absolute Gasteiger partial charge is 0.507 e. The molecule has 0 spiro atoms. The molecular formula is C26H38N2O4S2. The molecule has 0 saturated heterocycles. The lowest BCUT2D eigenvalue weighted by Crippen LogP contribution is -2.39. The van der Waals surface area contributed by atoms with Gasteiger partial charge < -0.3 is 20.8 Å². The number of hydrogen-bond acceptors (Lipinski definition) is 6. The average Bonchev–Trinajstić information content (AvgIpc) is 2.72. The van der Waals surface area contributed by atoms with E-state index >= 15 is 0 Å². The lowest BCUT2D eigenvalue weighted by atomic mass is 9.74. The Kier molecular flexibility index (Phi) is 11.3. The Morgan fingerprint density at radius 3 is 1.41 bits per heavy atom. The van der Waals surface area contributed by atoms with Crippen LogP contribution in [0.4, 0.5) is 0 Å². The summed E-state index contributed by atoms with van der Waals surface area (Å²) in [5.41, 5.74) is -0.889. The van der Waals surface area contributed by atoms with Gasteiger partial charge in [0.2, 0.25) is 11.8 Å². The van der Waals surface area contributed by atoms with E-state index in [0.29, 0.717) is 24.2 Å². The monoisotopic (exact) mass is 506 g/mol. The van der Waals surface area contributed by atoms with Gasteiger partial charge in [-0.15, -0.1) is 23.5 Å². The van der Waals surface area contributed by atoms with Crippen molar-refractivity contribution in [3.8, 4) is 11.5 Å². The molecule has 1 rings (SSSR count). The third-order valence-electron chi connectivity index (χ3n) is 5.53. The predicted octanol–water partition coefficient (Wildman–Crippen LogP) is 3.24. The van der Waals surface area contributed by atoms with Crippen LogP contribution in [-0.4, -0.2) is 46.6 Å². The minimum atomic E-state index is -0.816. The number of phenols is 2. The van der Waals surface area contributed by atoms with Gasteiger partial charge in [-0.05, 0) is 10.8 Å². The van der Waals surface area contributed by atoms with E-state index < -0.39 is 10.8 Å². The second kappa shape index (κ2) is 13.0. The molecule has 0 fully saturated rings. The summed E-state index contributed by atoms with van der Waals surface area (Å²) in [6.07, 6.45) is 0.184. The molecule has 0 atom stereocenters. The molecule has 0 radical (unpaired) electrons. The highest BCUT2D eigenvalue weighted by molar-refractivity contribution is 8.02. The number of benzene rings is 1. The Labute approximate surface area is 211 Å². The van der Waals surface area contributed by atoms with Gasteiger partial charge in [0.15, 0.2) is 0 Å². The van der Waals surface area contributed by atoms with Crippen LogP contribution in [0.15, 0.2) is 24.0 Å². The summed E-state index contributed by atoms with van der Waals surface area (Å²) in [4.78, 5) is 25.0. The van der Waals surface area contributed by atoms with Crippen LogP contribution >= 0.6 is 23.5 Å². The van der Waals surface area contributed by atoms with Crippen molar-refractivity contribution in [1.82, 2.24) is 10.6 Å². The van der Waals surface area contributed by atoms with Crippen LogP contribution < -0.4 is 21.1 Å². The first kappa shape index (κ1) is 29.7. The topological polar surface area (TPSA) is 98.7 Å². The summed E-state index contributed by atoms with van der Waals surface area (Å²) in [5, 5.41) is 31.8. The van der Waals surface area contributed by atoms with Crippen molar-refractivity contribution < 1.29 is 19.8 Å². The minimum Gasteiger partial charge on any atom is -0.507 e. The van der Waals surface area contributed by atoms with Crippen LogP contribution in [0.1, 0.15) is 51.7 Å². The number of rotatable bonds is 14.